The van der Waals surface area contributed by atoms with Gasteiger partial charge in [-0.1, -0.05) is 230 Å². The minimum absolute atomic E-state index is 0.0803. The van der Waals surface area contributed by atoms with E-state index in [9.17, 15) is 9.59 Å². The van der Waals surface area contributed by atoms with Crippen LogP contribution in [0, 0.1) is 0 Å². The maximum Gasteiger partial charge on any atom is 0.306 e. The van der Waals surface area contributed by atoms with Gasteiger partial charge in [0, 0.05) is 19.4 Å². The zero-order valence-electron chi connectivity index (χ0n) is 41.6. The second-order valence-corrected chi connectivity index (χ2v) is 18.1. The second kappa shape index (κ2) is 53.2. The molecule has 1 unspecified atom stereocenters. The van der Waals surface area contributed by atoms with Gasteiger partial charge >= 0.3 is 11.9 Å². The molecule has 0 aliphatic carbocycles. The molecule has 0 aromatic rings. The van der Waals surface area contributed by atoms with Crippen molar-refractivity contribution in [1.29, 1.82) is 0 Å². The number of ether oxygens (including phenoxy) is 3. The Morgan fingerprint density at radius 3 is 1.13 bits per heavy atom. The fourth-order valence-corrected chi connectivity index (χ4v) is 7.75. The van der Waals surface area contributed by atoms with Crippen molar-refractivity contribution in [2.45, 2.75) is 284 Å². The highest BCUT2D eigenvalue weighted by atomic mass is 16.6. The molecule has 0 N–H and O–H groups in total. The normalized spacial score (nSPS) is 12.5. The van der Waals surface area contributed by atoms with Crippen molar-refractivity contribution in [3.05, 3.63) is 48.6 Å². The van der Waals surface area contributed by atoms with Crippen LogP contribution < -0.4 is 0 Å². The smallest absolute Gasteiger partial charge is 0.306 e. The number of unbranched alkanes of at least 4 members (excludes halogenated alkanes) is 31. The molecule has 1 atom stereocenters. The molecule has 5 nitrogen and oxygen atoms in total. The highest BCUT2D eigenvalue weighted by Crippen LogP contribution is 2.15. The van der Waals surface area contributed by atoms with Gasteiger partial charge in [0.1, 0.15) is 6.61 Å². The van der Waals surface area contributed by atoms with E-state index in [0.717, 1.165) is 64.2 Å². The Hall–Kier alpha value is -2.14. The Morgan fingerprint density at radius 2 is 0.677 bits per heavy atom. The van der Waals surface area contributed by atoms with Gasteiger partial charge in [-0.15, -0.1) is 0 Å². The lowest BCUT2D eigenvalue weighted by Crippen LogP contribution is -2.30. The largest absolute Gasteiger partial charge is 0.462 e. The number of carbonyl (C=O) groups excluding carboxylic acids is 2. The predicted octanol–water partition coefficient (Wildman–Crippen LogP) is 18.3. The zero-order valence-corrected chi connectivity index (χ0v) is 41.6. The van der Waals surface area contributed by atoms with Gasteiger partial charge in [0.05, 0.1) is 6.61 Å². The van der Waals surface area contributed by atoms with Gasteiger partial charge in [-0.05, 0) is 83.5 Å². The molecule has 62 heavy (non-hydrogen) atoms. The van der Waals surface area contributed by atoms with E-state index in [2.05, 4.69) is 69.4 Å². The summed E-state index contributed by atoms with van der Waals surface area (Å²) in [5.74, 6) is -0.404. The Morgan fingerprint density at radius 1 is 0.355 bits per heavy atom. The fourth-order valence-electron chi connectivity index (χ4n) is 7.75. The van der Waals surface area contributed by atoms with Crippen molar-refractivity contribution < 1.29 is 23.8 Å². The van der Waals surface area contributed by atoms with Crippen molar-refractivity contribution in [2.75, 3.05) is 19.8 Å². The van der Waals surface area contributed by atoms with E-state index in [1.165, 1.54) is 180 Å². The quantitative estimate of drug-likeness (QED) is 0.0346. The minimum atomic E-state index is -0.538. The Bertz CT molecular complexity index is 1030. The van der Waals surface area contributed by atoms with Crippen LogP contribution in [-0.2, 0) is 23.8 Å². The number of esters is 2. The van der Waals surface area contributed by atoms with Crippen LogP contribution in [-0.4, -0.2) is 37.9 Å². The predicted molar refractivity (Wildman–Crippen MR) is 270 cm³/mol. The van der Waals surface area contributed by atoms with Gasteiger partial charge in [0.15, 0.2) is 6.10 Å². The maximum atomic E-state index is 12.8. The highest BCUT2D eigenvalue weighted by molar-refractivity contribution is 5.70. The van der Waals surface area contributed by atoms with Crippen LogP contribution in [0.25, 0.3) is 0 Å². The lowest BCUT2D eigenvalue weighted by molar-refractivity contribution is -0.163. The van der Waals surface area contributed by atoms with E-state index in [0.29, 0.717) is 19.4 Å². The van der Waals surface area contributed by atoms with Crippen molar-refractivity contribution in [2.24, 2.45) is 0 Å². The van der Waals surface area contributed by atoms with Crippen molar-refractivity contribution >= 4 is 11.9 Å². The number of hydrogen-bond acceptors (Lipinski definition) is 5. The van der Waals surface area contributed by atoms with Crippen LogP contribution in [0.1, 0.15) is 278 Å². The van der Waals surface area contributed by atoms with Gasteiger partial charge in [0.25, 0.3) is 0 Å². The lowest BCUT2D eigenvalue weighted by Gasteiger charge is -2.18. The van der Waals surface area contributed by atoms with Crippen molar-refractivity contribution in [3.63, 3.8) is 0 Å². The van der Waals surface area contributed by atoms with Gasteiger partial charge < -0.3 is 14.2 Å². The summed E-state index contributed by atoms with van der Waals surface area (Å²) in [6, 6.07) is 0. The summed E-state index contributed by atoms with van der Waals surface area (Å²) in [5, 5.41) is 0. The average Bonchev–Trinajstić information content (AvgIpc) is 3.27. The fraction of sp³-hybridized carbons (Fsp3) is 0.825. The molecule has 0 aliphatic heterocycles. The third-order valence-electron chi connectivity index (χ3n) is 11.8. The molecule has 0 amide bonds. The van der Waals surface area contributed by atoms with Crippen molar-refractivity contribution in [1.82, 2.24) is 0 Å². The Balaban J connectivity index is 4.14. The SMILES string of the molecule is CCCCC/C=C\C/C=C\C/C=C\CCCCCCCCC(=O)OCC(COCCCCCCCCCC)OC(=O)CCCCCCCCCCC/C=C\CCCCCCCC. The van der Waals surface area contributed by atoms with E-state index in [1.807, 2.05) is 0 Å². The average molecular weight is 869 g/mol. The molecule has 0 bridgehead atoms. The monoisotopic (exact) mass is 869 g/mol. The molecule has 0 saturated heterocycles. The van der Waals surface area contributed by atoms with E-state index >= 15 is 0 Å². The summed E-state index contributed by atoms with van der Waals surface area (Å²) in [4.78, 5) is 25.4. The molecule has 5 heteroatoms. The second-order valence-electron chi connectivity index (χ2n) is 18.1. The molecular weight excluding hydrogens is 765 g/mol. The topological polar surface area (TPSA) is 61.8 Å². The van der Waals surface area contributed by atoms with Crippen LogP contribution in [0.4, 0.5) is 0 Å². The van der Waals surface area contributed by atoms with Crippen LogP contribution in [0.5, 0.6) is 0 Å². The van der Waals surface area contributed by atoms with Gasteiger partial charge in [0.2, 0.25) is 0 Å². The number of allylic oxidation sites excluding steroid dienone is 8. The molecule has 0 fully saturated rings. The third-order valence-corrected chi connectivity index (χ3v) is 11.8. The van der Waals surface area contributed by atoms with Crippen molar-refractivity contribution in [3.8, 4) is 0 Å². The van der Waals surface area contributed by atoms with E-state index < -0.39 is 6.10 Å². The molecule has 0 saturated carbocycles. The number of rotatable bonds is 50. The molecule has 0 aliphatic rings. The first-order valence-corrected chi connectivity index (χ1v) is 27.2. The molecule has 0 radical (unpaired) electrons. The summed E-state index contributed by atoms with van der Waals surface area (Å²) in [6.45, 7) is 7.80. The van der Waals surface area contributed by atoms with Gasteiger partial charge in [-0.2, -0.15) is 0 Å². The molecule has 0 rings (SSSR count). The van der Waals surface area contributed by atoms with E-state index in [-0.39, 0.29) is 25.2 Å². The van der Waals surface area contributed by atoms with Crippen LogP contribution in [0.2, 0.25) is 0 Å². The first-order valence-electron chi connectivity index (χ1n) is 27.2. The minimum Gasteiger partial charge on any atom is -0.462 e. The maximum absolute atomic E-state index is 12.8. The molecule has 362 valence electrons. The molecular formula is C57H104O5. The van der Waals surface area contributed by atoms with Crippen LogP contribution in [0.3, 0.4) is 0 Å². The van der Waals surface area contributed by atoms with Gasteiger partial charge in [-0.3, -0.25) is 9.59 Å². The standard InChI is InChI=1S/C57H104O5/c1-4-7-10-13-16-19-21-23-25-27-29-31-33-35-37-39-41-44-47-50-56(58)61-54-55(53-60-52-49-46-43-18-15-12-9-6-3)62-57(59)51-48-45-42-40-38-36-34-32-30-28-26-24-22-20-17-14-11-8-5-2/h16,19,23-26,29,31,55H,4-15,17-18,20-22,27-28,30,32-54H2,1-3H3/b19-16-,25-23-,26-24-,31-29-. The third kappa shape index (κ3) is 50.5. The number of carbonyl (C=O) groups is 2. The summed E-state index contributed by atoms with van der Waals surface area (Å²) in [6.07, 6.45) is 65.5. The molecule has 0 aromatic carbocycles. The van der Waals surface area contributed by atoms with E-state index in [1.54, 1.807) is 0 Å². The molecule has 0 spiro atoms. The first-order chi connectivity index (χ1) is 30.6. The van der Waals surface area contributed by atoms with E-state index in [4.69, 9.17) is 14.2 Å². The first kappa shape index (κ1) is 59.9. The lowest BCUT2D eigenvalue weighted by atomic mass is 10.1. The summed E-state index contributed by atoms with van der Waals surface area (Å²) in [7, 11) is 0. The summed E-state index contributed by atoms with van der Waals surface area (Å²) >= 11 is 0. The molecule has 0 heterocycles. The van der Waals surface area contributed by atoms with Crippen LogP contribution >= 0.6 is 0 Å². The zero-order chi connectivity index (χ0) is 44.9. The van der Waals surface area contributed by atoms with Crippen LogP contribution in [0.15, 0.2) is 48.6 Å². The van der Waals surface area contributed by atoms with Gasteiger partial charge in [-0.25, -0.2) is 0 Å². The summed E-state index contributed by atoms with van der Waals surface area (Å²) < 4.78 is 17.4. The summed E-state index contributed by atoms with van der Waals surface area (Å²) in [5.41, 5.74) is 0. The Kier molecular flexibility index (Phi) is 51.4. The molecule has 0 aromatic heterocycles. The highest BCUT2D eigenvalue weighted by Gasteiger charge is 2.17. The Labute approximate surface area is 386 Å². The number of hydrogen-bond donors (Lipinski definition) is 0.